The van der Waals surface area contributed by atoms with E-state index in [0.29, 0.717) is 0 Å². The van der Waals surface area contributed by atoms with E-state index in [4.69, 9.17) is 0 Å². The number of unbranched alkanes of at least 4 members (excludes halogenated alkanes) is 33. The summed E-state index contributed by atoms with van der Waals surface area (Å²) in [6, 6.07) is 7.22. The maximum atomic E-state index is 2.43. The predicted molar refractivity (Wildman–Crippen MR) is 242 cm³/mol. The zero-order valence-corrected chi connectivity index (χ0v) is 37.5. The van der Waals surface area contributed by atoms with E-state index in [2.05, 4.69) is 74.3 Å². The summed E-state index contributed by atoms with van der Waals surface area (Å²) in [6.45, 7) is 6.94. The molecule has 1 aromatic rings. The summed E-state index contributed by atoms with van der Waals surface area (Å²) in [5, 5.41) is 0. The third kappa shape index (κ3) is 33.3. The van der Waals surface area contributed by atoms with Crippen molar-refractivity contribution in [2.24, 2.45) is 0 Å². The van der Waals surface area contributed by atoms with E-state index in [-0.39, 0.29) is 0 Å². The second-order valence-corrected chi connectivity index (χ2v) is 19.2. The van der Waals surface area contributed by atoms with E-state index in [1.54, 1.807) is 14.7 Å². The van der Waals surface area contributed by atoms with Gasteiger partial charge in [0.2, 0.25) is 0 Å². The molecule has 0 radical (unpaired) electrons. The Bertz CT molecular complexity index is 759. The summed E-state index contributed by atoms with van der Waals surface area (Å²) in [7, 11) is 0. The van der Waals surface area contributed by atoms with Crippen LogP contribution in [-0.4, -0.2) is 17.3 Å². The molecule has 1 aromatic carbocycles. The molecule has 0 aliphatic rings. The average molecular weight is 763 g/mol. The molecule has 0 amide bonds. The normalized spacial score (nSPS) is 11.6. The van der Waals surface area contributed by atoms with Gasteiger partial charge >= 0.3 is 0 Å². The third-order valence-electron chi connectivity index (χ3n) is 10.7. The first-order chi connectivity index (χ1) is 25.3. The van der Waals surface area contributed by atoms with E-state index >= 15 is 0 Å². The lowest BCUT2D eigenvalue weighted by atomic mass is 10.1. The molecule has 0 saturated carbocycles. The molecule has 0 aromatic heterocycles. The smallest absolute Gasteiger partial charge is 0.0344 e. The van der Waals surface area contributed by atoms with Crippen molar-refractivity contribution in [2.45, 2.75) is 267 Å². The highest BCUT2D eigenvalue weighted by Crippen LogP contribution is 2.40. The molecule has 300 valence electrons. The fourth-order valence-corrected chi connectivity index (χ4v) is 10.9. The highest BCUT2D eigenvalue weighted by atomic mass is 32.2. The van der Waals surface area contributed by atoms with Gasteiger partial charge in [-0.15, -0.1) is 35.3 Å². The molecule has 1 rings (SSSR count). The van der Waals surface area contributed by atoms with Crippen LogP contribution in [0.25, 0.3) is 0 Å². The number of hydrogen-bond donors (Lipinski definition) is 0. The third-order valence-corrected chi connectivity index (χ3v) is 14.5. The highest BCUT2D eigenvalue weighted by Gasteiger charge is 2.11. The molecule has 0 atom stereocenters. The molecule has 0 unspecified atom stereocenters. The fraction of sp³-hybridized carbons (Fsp3) is 0.875. The average Bonchev–Trinajstić information content (AvgIpc) is 3.14. The second-order valence-electron chi connectivity index (χ2n) is 15.8. The van der Waals surface area contributed by atoms with Crippen molar-refractivity contribution in [3.63, 3.8) is 0 Å². The van der Waals surface area contributed by atoms with Gasteiger partial charge in [0.05, 0.1) is 0 Å². The van der Waals surface area contributed by atoms with Crippen molar-refractivity contribution >= 4 is 35.3 Å². The van der Waals surface area contributed by atoms with Crippen LogP contribution in [0.4, 0.5) is 0 Å². The first-order valence-corrected chi connectivity index (χ1v) is 26.3. The van der Waals surface area contributed by atoms with Crippen LogP contribution in [0, 0.1) is 0 Å². The van der Waals surface area contributed by atoms with Crippen molar-refractivity contribution in [1.29, 1.82) is 0 Å². The molecule has 0 aliphatic carbocycles. The van der Waals surface area contributed by atoms with Gasteiger partial charge in [0.15, 0.2) is 0 Å². The van der Waals surface area contributed by atoms with Crippen LogP contribution in [0.2, 0.25) is 0 Å². The fourth-order valence-electron chi connectivity index (χ4n) is 7.23. The Kier molecular flexibility index (Phi) is 40.0. The van der Waals surface area contributed by atoms with Gasteiger partial charge in [-0.3, -0.25) is 0 Å². The Morgan fingerprint density at radius 2 is 0.490 bits per heavy atom. The summed E-state index contributed by atoms with van der Waals surface area (Å²) in [5.74, 6) is 3.87. The topological polar surface area (TPSA) is 0 Å². The lowest BCUT2D eigenvalue weighted by molar-refractivity contribution is 0.548. The zero-order valence-electron chi connectivity index (χ0n) is 35.0. The molecular weight excluding hydrogens is 673 g/mol. The summed E-state index contributed by atoms with van der Waals surface area (Å²) < 4.78 is 0. The van der Waals surface area contributed by atoms with Gasteiger partial charge < -0.3 is 0 Å². The molecule has 0 saturated heterocycles. The van der Waals surface area contributed by atoms with Crippen molar-refractivity contribution < 1.29 is 0 Å². The summed E-state index contributed by atoms with van der Waals surface area (Å²) >= 11 is 6.50. The van der Waals surface area contributed by atoms with Gasteiger partial charge in [-0.05, 0) is 48.7 Å². The van der Waals surface area contributed by atoms with Gasteiger partial charge in [-0.25, -0.2) is 0 Å². The summed E-state index contributed by atoms with van der Waals surface area (Å²) in [6.07, 6.45) is 51.7. The van der Waals surface area contributed by atoms with Crippen LogP contribution in [-0.2, 0) is 0 Å². The molecular formula is C48H90S3. The largest absolute Gasteiger partial charge is 0.125 e. The SMILES string of the molecule is CCCCCCCCCCCCCCSc1cccc(SCCCCCCCCCCCCCC)c1SCCCCCCCCCCCCCC. The molecule has 0 nitrogen and oxygen atoms in total. The van der Waals surface area contributed by atoms with Gasteiger partial charge in [0, 0.05) is 14.7 Å². The van der Waals surface area contributed by atoms with Crippen molar-refractivity contribution in [3.05, 3.63) is 18.2 Å². The first kappa shape index (κ1) is 49.3. The minimum absolute atomic E-state index is 1.29. The monoisotopic (exact) mass is 763 g/mol. The van der Waals surface area contributed by atoms with E-state index in [1.165, 1.54) is 248 Å². The molecule has 0 bridgehead atoms. The van der Waals surface area contributed by atoms with Crippen molar-refractivity contribution in [1.82, 2.24) is 0 Å². The Morgan fingerprint density at radius 1 is 0.275 bits per heavy atom. The molecule has 0 heterocycles. The van der Waals surface area contributed by atoms with Crippen molar-refractivity contribution in [3.8, 4) is 0 Å². The maximum absolute atomic E-state index is 2.43. The van der Waals surface area contributed by atoms with Gasteiger partial charge in [-0.2, -0.15) is 0 Å². The van der Waals surface area contributed by atoms with Crippen LogP contribution in [0.1, 0.15) is 252 Å². The molecule has 51 heavy (non-hydrogen) atoms. The van der Waals surface area contributed by atoms with E-state index < -0.39 is 0 Å². The Morgan fingerprint density at radius 3 is 0.745 bits per heavy atom. The van der Waals surface area contributed by atoms with Gasteiger partial charge in [0.25, 0.3) is 0 Å². The van der Waals surface area contributed by atoms with Crippen LogP contribution >= 0.6 is 35.3 Å². The minimum atomic E-state index is 1.29. The zero-order chi connectivity index (χ0) is 36.6. The maximum Gasteiger partial charge on any atom is 0.0344 e. The Labute approximate surface area is 335 Å². The second kappa shape index (κ2) is 41.4. The Hall–Kier alpha value is 0.270. The molecule has 3 heteroatoms. The summed E-state index contributed by atoms with van der Waals surface area (Å²) in [4.78, 5) is 4.76. The van der Waals surface area contributed by atoms with E-state index in [0.717, 1.165) is 0 Å². The molecule has 0 aliphatic heterocycles. The van der Waals surface area contributed by atoms with E-state index in [1.807, 2.05) is 0 Å². The number of benzene rings is 1. The van der Waals surface area contributed by atoms with E-state index in [9.17, 15) is 0 Å². The van der Waals surface area contributed by atoms with Crippen LogP contribution in [0.3, 0.4) is 0 Å². The van der Waals surface area contributed by atoms with Crippen LogP contribution in [0.5, 0.6) is 0 Å². The predicted octanol–water partition coefficient (Wildman–Crippen LogP) is 19.1. The number of thioether (sulfide) groups is 3. The quantitative estimate of drug-likeness (QED) is 0.0481. The van der Waals surface area contributed by atoms with Crippen LogP contribution < -0.4 is 0 Å². The highest BCUT2D eigenvalue weighted by molar-refractivity contribution is 8.03. The van der Waals surface area contributed by atoms with Gasteiger partial charge in [-0.1, -0.05) is 239 Å². The first-order valence-electron chi connectivity index (χ1n) is 23.3. The van der Waals surface area contributed by atoms with Crippen molar-refractivity contribution in [2.75, 3.05) is 17.3 Å². The Balaban J connectivity index is 2.35. The molecule has 0 N–H and O–H groups in total. The minimum Gasteiger partial charge on any atom is -0.125 e. The molecule has 0 spiro atoms. The number of hydrogen-bond acceptors (Lipinski definition) is 3. The molecule has 0 fully saturated rings. The number of rotatable bonds is 42. The summed E-state index contributed by atoms with van der Waals surface area (Å²) in [5.41, 5.74) is 0. The lowest BCUT2D eigenvalue weighted by Crippen LogP contribution is -1.91. The lowest BCUT2D eigenvalue weighted by Gasteiger charge is -2.14. The standard InChI is InChI=1S/C48H90S3/c1-4-7-10-13-16-19-22-25-28-31-34-37-43-49-46-41-40-42-47(50-44-38-35-32-29-26-23-20-17-14-11-8-5-2)48(46)51-45-39-36-33-30-27-24-21-18-15-12-9-6-3/h40-42H,4-39,43-45H2,1-3H3. The van der Waals surface area contributed by atoms with Crippen LogP contribution in [0.15, 0.2) is 32.9 Å². The van der Waals surface area contributed by atoms with Gasteiger partial charge in [0.1, 0.15) is 0 Å².